The van der Waals surface area contributed by atoms with Crippen LogP contribution in [0.2, 0.25) is 0 Å². The third kappa shape index (κ3) is 1.99. The van der Waals surface area contributed by atoms with Crippen LogP contribution in [0.5, 0.6) is 0 Å². The number of hydrogen-bond acceptors (Lipinski definition) is 3. The average molecular weight is 199 g/mol. The standard InChI is InChI=1S/C11H9N3O/c15-8-14-10-5-2-1-4-9(10)11-12-6-3-7-13-11/h1-8H,(H,14,15). The molecule has 74 valence electrons. The number of nitrogens with zero attached hydrogens (tertiary/aromatic N) is 2. The SMILES string of the molecule is O=CNc1ccccc1-c1ncccn1. The predicted molar refractivity (Wildman–Crippen MR) is 57.2 cm³/mol. The molecule has 2 rings (SSSR count). The highest BCUT2D eigenvalue weighted by Gasteiger charge is 2.04. The van der Waals surface area contributed by atoms with E-state index in [1.807, 2.05) is 18.2 Å². The molecule has 0 aliphatic rings. The molecule has 0 aliphatic heterocycles. The van der Waals surface area contributed by atoms with E-state index in [9.17, 15) is 4.79 Å². The molecule has 0 unspecified atom stereocenters. The van der Waals surface area contributed by atoms with Crippen molar-refractivity contribution < 1.29 is 4.79 Å². The number of nitrogens with one attached hydrogen (secondary N) is 1. The molecule has 0 aliphatic carbocycles. The van der Waals surface area contributed by atoms with Crippen molar-refractivity contribution >= 4 is 12.1 Å². The number of carbonyl (C=O) groups excluding carboxylic acids is 1. The fourth-order valence-electron chi connectivity index (χ4n) is 1.31. The zero-order chi connectivity index (χ0) is 10.5. The van der Waals surface area contributed by atoms with Crippen molar-refractivity contribution in [3.05, 3.63) is 42.7 Å². The maximum Gasteiger partial charge on any atom is 0.211 e. The van der Waals surface area contributed by atoms with Crippen molar-refractivity contribution in [1.29, 1.82) is 0 Å². The van der Waals surface area contributed by atoms with Crippen LogP contribution in [0.3, 0.4) is 0 Å². The van der Waals surface area contributed by atoms with Gasteiger partial charge in [-0.25, -0.2) is 9.97 Å². The second-order valence-corrected chi connectivity index (χ2v) is 2.88. The molecule has 0 fully saturated rings. The van der Waals surface area contributed by atoms with Crippen molar-refractivity contribution in [2.45, 2.75) is 0 Å². The van der Waals surface area contributed by atoms with Gasteiger partial charge in [-0.1, -0.05) is 12.1 Å². The molecule has 0 saturated carbocycles. The van der Waals surface area contributed by atoms with Crippen LogP contribution < -0.4 is 5.32 Å². The van der Waals surface area contributed by atoms with Gasteiger partial charge in [0.1, 0.15) is 0 Å². The van der Waals surface area contributed by atoms with Gasteiger partial charge in [-0.05, 0) is 18.2 Å². The normalized spacial score (nSPS) is 9.60. The Balaban J connectivity index is 2.48. The molecule has 0 bridgehead atoms. The van der Waals surface area contributed by atoms with E-state index in [4.69, 9.17) is 0 Å². The molecule has 15 heavy (non-hydrogen) atoms. The van der Waals surface area contributed by atoms with E-state index in [-0.39, 0.29) is 0 Å². The lowest BCUT2D eigenvalue weighted by Crippen LogP contribution is -1.97. The molecule has 0 saturated heterocycles. The van der Waals surface area contributed by atoms with Crippen LogP contribution in [0, 0.1) is 0 Å². The molecule has 0 radical (unpaired) electrons. The fraction of sp³-hybridized carbons (Fsp3) is 0. The quantitative estimate of drug-likeness (QED) is 0.765. The lowest BCUT2D eigenvalue weighted by molar-refractivity contribution is -0.105. The maximum atomic E-state index is 10.4. The maximum absolute atomic E-state index is 10.4. The monoisotopic (exact) mass is 199 g/mol. The zero-order valence-corrected chi connectivity index (χ0v) is 7.92. The van der Waals surface area contributed by atoms with Crippen LogP contribution in [0.1, 0.15) is 0 Å². The molecule has 2 aromatic rings. The topological polar surface area (TPSA) is 54.9 Å². The van der Waals surface area contributed by atoms with Gasteiger partial charge in [0, 0.05) is 18.0 Å². The van der Waals surface area contributed by atoms with Gasteiger partial charge < -0.3 is 5.32 Å². The van der Waals surface area contributed by atoms with Gasteiger partial charge in [0.05, 0.1) is 5.69 Å². The molecule has 4 heteroatoms. The lowest BCUT2D eigenvalue weighted by Gasteiger charge is -2.05. The number of anilines is 1. The Labute approximate surface area is 87.0 Å². The van der Waals surface area contributed by atoms with Crippen LogP contribution in [0.4, 0.5) is 5.69 Å². The fourth-order valence-corrected chi connectivity index (χ4v) is 1.31. The summed E-state index contributed by atoms with van der Waals surface area (Å²) in [4.78, 5) is 18.7. The first kappa shape index (κ1) is 9.33. The summed E-state index contributed by atoms with van der Waals surface area (Å²) < 4.78 is 0. The van der Waals surface area contributed by atoms with Gasteiger partial charge in [0.2, 0.25) is 6.41 Å². The number of hydrogen-bond donors (Lipinski definition) is 1. The smallest absolute Gasteiger partial charge is 0.211 e. The highest BCUT2D eigenvalue weighted by atomic mass is 16.1. The first-order valence-electron chi connectivity index (χ1n) is 4.48. The van der Waals surface area contributed by atoms with Gasteiger partial charge in [-0.15, -0.1) is 0 Å². The Morgan fingerprint density at radius 1 is 1.07 bits per heavy atom. The van der Waals surface area contributed by atoms with E-state index >= 15 is 0 Å². The van der Waals surface area contributed by atoms with Crippen molar-refractivity contribution in [3.63, 3.8) is 0 Å². The van der Waals surface area contributed by atoms with Crippen molar-refractivity contribution in [3.8, 4) is 11.4 Å². The van der Waals surface area contributed by atoms with Crippen LogP contribution >= 0.6 is 0 Å². The van der Waals surface area contributed by atoms with Crippen LogP contribution in [0.15, 0.2) is 42.7 Å². The van der Waals surface area contributed by atoms with Crippen LogP contribution in [-0.2, 0) is 4.79 Å². The van der Waals surface area contributed by atoms with Crippen molar-refractivity contribution in [2.75, 3.05) is 5.32 Å². The predicted octanol–water partition coefficient (Wildman–Crippen LogP) is 1.71. The summed E-state index contributed by atoms with van der Waals surface area (Å²) in [6, 6.07) is 9.14. The van der Waals surface area contributed by atoms with E-state index in [0.717, 1.165) is 5.56 Å². The van der Waals surface area contributed by atoms with Gasteiger partial charge in [0.25, 0.3) is 0 Å². The summed E-state index contributed by atoms with van der Waals surface area (Å²) in [5.74, 6) is 0.599. The molecular weight excluding hydrogens is 190 g/mol. The molecule has 0 spiro atoms. The summed E-state index contributed by atoms with van der Waals surface area (Å²) in [7, 11) is 0. The third-order valence-electron chi connectivity index (χ3n) is 1.95. The number of aromatic nitrogens is 2. The molecule has 1 aromatic heterocycles. The minimum Gasteiger partial charge on any atom is -0.328 e. The summed E-state index contributed by atoms with van der Waals surface area (Å²) in [5.41, 5.74) is 1.52. The Kier molecular flexibility index (Phi) is 2.69. The van der Waals surface area contributed by atoms with E-state index in [1.54, 1.807) is 24.5 Å². The van der Waals surface area contributed by atoms with Gasteiger partial charge in [0.15, 0.2) is 5.82 Å². The first-order chi connectivity index (χ1) is 7.42. The minimum atomic E-state index is 0.599. The first-order valence-corrected chi connectivity index (χ1v) is 4.48. The summed E-state index contributed by atoms with van der Waals surface area (Å²) >= 11 is 0. The van der Waals surface area contributed by atoms with E-state index in [2.05, 4.69) is 15.3 Å². The molecular formula is C11H9N3O. The second-order valence-electron chi connectivity index (χ2n) is 2.88. The molecule has 1 aromatic carbocycles. The molecule has 4 nitrogen and oxygen atoms in total. The zero-order valence-electron chi connectivity index (χ0n) is 7.92. The Bertz CT molecular complexity index is 456. The highest BCUT2D eigenvalue weighted by Crippen LogP contribution is 2.23. The summed E-state index contributed by atoms with van der Waals surface area (Å²) in [5, 5.41) is 2.61. The van der Waals surface area contributed by atoms with Crippen LogP contribution in [-0.4, -0.2) is 16.4 Å². The summed E-state index contributed by atoms with van der Waals surface area (Å²) in [6.45, 7) is 0. The number of benzene rings is 1. The van der Waals surface area contributed by atoms with E-state index < -0.39 is 0 Å². The third-order valence-corrected chi connectivity index (χ3v) is 1.95. The van der Waals surface area contributed by atoms with Gasteiger partial charge >= 0.3 is 0 Å². The van der Waals surface area contributed by atoms with Gasteiger partial charge in [-0.2, -0.15) is 0 Å². The largest absolute Gasteiger partial charge is 0.328 e. The second kappa shape index (κ2) is 4.32. The molecule has 1 N–H and O–H groups in total. The molecule has 1 amide bonds. The van der Waals surface area contributed by atoms with Crippen molar-refractivity contribution in [2.24, 2.45) is 0 Å². The van der Waals surface area contributed by atoms with Crippen molar-refractivity contribution in [1.82, 2.24) is 9.97 Å². The Hall–Kier alpha value is -2.23. The van der Waals surface area contributed by atoms with E-state index in [0.29, 0.717) is 17.9 Å². The number of rotatable bonds is 3. The van der Waals surface area contributed by atoms with E-state index in [1.165, 1.54) is 0 Å². The molecule has 1 heterocycles. The lowest BCUT2D eigenvalue weighted by atomic mass is 10.1. The highest BCUT2D eigenvalue weighted by molar-refractivity contribution is 5.82. The molecule has 0 atom stereocenters. The average Bonchev–Trinajstić information content (AvgIpc) is 2.31. The minimum absolute atomic E-state index is 0.599. The van der Waals surface area contributed by atoms with Crippen LogP contribution in [0.25, 0.3) is 11.4 Å². The van der Waals surface area contributed by atoms with Gasteiger partial charge in [-0.3, -0.25) is 4.79 Å². The number of carbonyl (C=O) groups is 1. The number of amides is 1. The Morgan fingerprint density at radius 2 is 1.80 bits per heavy atom. The Morgan fingerprint density at radius 3 is 2.53 bits per heavy atom. The summed E-state index contributed by atoms with van der Waals surface area (Å²) in [6.07, 6.45) is 3.97. The number of para-hydroxylation sites is 1.